The smallest absolute Gasteiger partial charge is 0.155 e. The molecule has 0 aromatic heterocycles. The van der Waals surface area contributed by atoms with E-state index in [1.165, 1.54) is 0 Å². The Kier molecular flexibility index (Phi) is 3.52. The van der Waals surface area contributed by atoms with Crippen molar-refractivity contribution in [2.24, 2.45) is 17.8 Å². The van der Waals surface area contributed by atoms with E-state index in [0.717, 1.165) is 12.8 Å². The van der Waals surface area contributed by atoms with Crippen LogP contribution in [0.5, 0.6) is 0 Å². The molecular formula is C12H21FO3. The third-order valence-electron chi connectivity index (χ3n) is 4.16. The molecule has 2 rings (SSSR count). The van der Waals surface area contributed by atoms with Gasteiger partial charge in [-0.15, -0.1) is 0 Å². The molecule has 0 spiro atoms. The molecule has 1 saturated carbocycles. The van der Waals surface area contributed by atoms with Crippen molar-refractivity contribution in [3.63, 3.8) is 0 Å². The first-order valence-electron chi connectivity index (χ1n) is 6.14. The minimum atomic E-state index is -1.45. The predicted octanol–water partition coefficient (Wildman–Crippen LogP) is 1.13. The minimum Gasteiger partial charge on any atom is -0.388 e. The minimum absolute atomic E-state index is 0.0492. The van der Waals surface area contributed by atoms with Crippen LogP contribution in [-0.2, 0) is 4.74 Å². The topological polar surface area (TPSA) is 49.7 Å². The van der Waals surface area contributed by atoms with Crippen LogP contribution in [0.2, 0.25) is 0 Å². The molecule has 0 aromatic rings. The fourth-order valence-electron chi connectivity index (χ4n) is 2.95. The second-order valence-corrected chi connectivity index (χ2v) is 5.45. The fourth-order valence-corrected chi connectivity index (χ4v) is 2.95. The Balaban J connectivity index is 1.99. The number of aliphatic hydroxyl groups excluding tert-OH is 2. The summed E-state index contributed by atoms with van der Waals surface area (Å²) < 4.78 is 19.2. The van der Waals surface area contributed by atoms with E-state index >= 15 is 0 Å². The number of ether oxygens (including phenoxy) is 1. The number of halogens is 1. The Hall–Kier alpha value is -0.190. The summed E-state index contributed by atoms with van der Waals surface area (Å²) in [6.07, 6.45) is -2.25. The van der Waals surface area contributed by atoms with Crippen LogP contribution < -0.4 is 0 Å². The van der Waals surface area contributed by atoms with Crippen molar-refractivity contribution >= 4 is 0 Å². The highest BCUT2D eigenvalue weighted by Gasteiger charge is 2.48. The standard InChI is InChI=1S/C12H21FO3/c1-6(2)7-3-4-8(7)12-10(13)11(15)9(14)5-16-12/h6-12,14-15H,3-5H2,1-2H3/t7?,8?,9-,10?,11?,12?/m1/s1. The quantitative estimate of drug-likeness (QED) is 0.750. The Morgan fingerprint density at radius 3 is 2.44 bits per heavy atom. The zero-order chi connectivity index (χ0) is 11.9. The number of rotatable bonds is 2. The highest BCUT2D eigenvalue weighted by Crippen LogP contribution is 2.45. The van der Waals surface area contributed by atoms with E-state index < -0.39 is 24.5 Å². The van der Waals surface area contributed by atoms with Gasteiger partial charge in [-0.2, -0.15) is 0 Å². The average molecular weight is 232 g/mol. The van der Waals surface area contributed by atoms with Gasteiger partial charge in [0.2, 0.25) is 0 Å². The van der Waals surface area contributed by atoms with Crippen molar-refractivity contribution in [2.45, 2.75) is 51.2 Å². The molecule has 0 bridgehead atoms. The molecule has 1 saturated heterocycles. The van der Waals surface area contributed by atoms with Gasteiger partial charge in [-0.05, 0) is 30.6 Å². The van der Waals surface area contributed by atoms with Gasteiger partial charge in [0.15, 0.2) is 6.17 Å². The zero-order valence-electron chi connectivity index (χ0n) is 9.84. The van der Waals surface area contributed by atoms with E-state index in [0.29, 0.717) is 11.8 Å². The maximum absolute atomic E-state index is 13.9. The van der Waals surface area contributed by atoms with Gasteiger partial charge in [-0.1, -0.05) is 13.8 Å². The van der Waals surface area contributed by atoms with E-state index in [4.69, 9.17) is 4.74 Å². The Bertz CT molecular complexity index is 246. The molecule has 1 aliphatic heterocycles. The first-order valence-corrected chi connectivity index (χ1v) is 6.14. The summed E-state index contributed by atoms with van der Waals surface area (Å²) >= 11 is 0. The summed E-state index contributed by atoms with van der Waals surface area (Å²) in [5, 5.41) is 18.8. The molecule has 2 fully saturated rings. The van der Waals surface area contributed by atoms with E-state index in [1.807, 2.05) is 0 Å². The lowest BCUT2D eigenvalue weighted by atomic mass is 9.64. The Morgan fingerprint density at radius 1 is 1.25 bits per heavy atom. The molecule has 2 N–H and O–H groups in total. The number of hydrogen-bond acceptors (Lipinski definition) is 3. The molecule has 94 valence electrons. The third kappa shape index (κ3) is 1.98. The summed E-state index contributed by atoms with van der Waals surface area (Å²) in [7, 11) is 0. The van der Waals surface area contributed by atoms with Crippen molar-refractivity contribution < 1.29 is 19.3 Å². The largest absolute Gasteiger partial charge is 0.388 e. The van der Waals surface area contributed by atoms with Gasteiger partial charge in [0.25, 0.3) is 0 Å². The van der Waals surface area contributed by atoms with E-state index in [9.17, 15) is 14.6 Å². The first kappa shape index (κ1) is 12.3. The van der Waals surface area contributed by atoms with Gasteiger partial charge < -0.3 is 14.9 Å². The molecule has 4 heteroatoms. The number of alkyl halides is 1. The van der Waals surface area contributed by atoms with E-state index in [-0.39, 0.29) is 12.5 Å². The molecule has 5 unspecified atom stereocenters. The van der Waals surface area contributed by atoms with E-state index in [1.54, 1.807) is 0 Å². The van der Waals surface area contributed by atoms with Crippen LogP contribution in [0.15, 0.2) is 0 Å². The third-order valence-corrected chi connectivity index (χ3v) is 4.16. The zero-order valence-corrected chi connectivity index (χ0v) is 9.84. The lowest BCUT2D eigenvalue weighted by molar-refractivity contribution is -0.197. The van der Waals surface area contributed by atoms with Crippen LogP contribution in [0.4, 0.5) is 4.39 Å². The molecule has 3 nitrogen and oxygen atoms in total. The van der Waals surface area contributed by atoms with Crippen molar-refractivity contribution in [3.8, 4) is 0 Å². The highest BCUT2D eigenvalue weighted by molar-refractivity contribution is 4.97. The highest BCUT2D eigenvalue weighted by atomic mass is 19.1. The summed E-state index contributed by atoms with van der Waals surface area (Å²) in [5.41, 5.74) is 0. The summed E-state index contributed by atoms with van der Waals surface area (Å²) in [6.45, 7) is 4.32. The van der Waals surface area contributed by atoms with Crippen LogP contribution in [0.25, 0.3) is 0 Å². The summed E-state index contributed by atoms with van der Waals surface area (Å²) in [6, 6.07) is 0. The molecule has 6 atom stereocenters. The maximum atomic E-state index is 13.9. The van der Waals surface area contributed by atoms with Crippen molar-refractivity contribution in [2.75, 3.05) is 6.61 Å². The van der Waals surface area contributed by atoms with Crippen molar-refractivity contribution in [1.82, 2.24) is 0 Å². The maximum Gasteiger partial charge on any atom is 0.155 e. The van der Waals surface area contributed by atoms with Gasteiger partial charge in [-0.3, -0.25) is 0 Å². The monoisotopic (exact) mass is 232 g/mol. The molecule has 2 aliphatic rings. The van der Waals surface area contributed by atoms with E-state index in [2.05, 4.69) is 13.8 Å². The molecule has 0 amide bonds. The molecule has 0 aromatic carbocycles. The van der Waals surface area contributed by atoms with Gasteiger partial charge >= 0.3 is 0 Å². The predicted molar refractivity (Wildman–Crippen MR) is 57.7 cm³/mol. The van der Waals surface area contributed by atoms with Gasteiger partial charge in [-0.25, -0.2) is 4.39 Å². The lowest BCUT2D eigenvalue weighted by Gasteiger charge is -2.47. The van der Waals surface area contributed by atoms with Crippen LogP contribution in [0.1, 0.15) is 26.7 Å². The van der Waals surface area contributed by atoms with Crippen LogP contribution >= 0.6 is 0 Å². The van der Waals surface area contributed by atoms with Gasteiger partial charge in [0.1, 0.15) is 12.2 Å². The van der Waals surface area contributed by atoms with Gasteiger partial charge in [0, 0.05) is 0 Å². The molecular weight excluding hydrogens is 211 g/mol. The Labute approximate surface area is 95.6 Å². The van der Waals surface area contributed by atoms with Crippen LogP contribution in [0.3, 0.4) is 0 Å². The normalized spacial score (nSPS) is 49.1. The molecule has 16 heavy (non-hydrogen) atoms. The number of aliphatic hydroxyl groups is 2. The van der Waals surface area contributed by atoms with Crippen molar-refractivity contribution in [3.05, 3.63) is 0 Å². The Morgan fingerprint density at radius 2 is 1.94 bits per heavy atom. The van der Waals surface area contributed by atoms with Crippen molar-refractivity contribution in [1.29, 1.82) is 0 Å². The van der Waals surface area contributed by atoms with Crippen LogP contribution in [-0.4, -0.2) is 41.3 Å². The molecule has 1 aliphatic carbocycles. The second-order valence-electron chi connectivity index (χ2n) is 5.45. The lowest BCUT2D eigenvalue weighted by Crippen LogP contribution is -2.56. The molecule has 1 heterocycles. The van der Waals surface area contributed by atoms with Gasteiger partial charge in [0.05, 0.1) is 12.7 Å². The summed E-state index contributed by atoms with van der Waals surface area (Å²) in [5.74, 6) is 1.22. The number of hydrogen-bond donors (Lipinski definition) is 2. The van der Waals surface area contributed by atoms with Crippen LogP contribution in [0, 0.1) is 17.8 Å². The molecule has 0 radical (unpaired) electrons. The average Bonchev–Trinajstić information content (AvgIpc) is 2.16. The fraction of sp³-hybridized carbons (Fsp3) is 1.00. The first-order chi connectivity index (χ1) is 7.52. The summed E-state index contributed by atoms with van der Waals surface area (Å²) in [4.78, 5) is 0. The SMILES string of the molecule is CC(C)C1CCC1C1OC[C@@H](O)C(O)C1F. The second kappa shape index (κ2) is 4.59.